The molecule has 0 atom stereocenters. The van der Waals surface area contributed by atoms with Gasteiger partial charge in [-0.25, -0.2) is 9.97 Å². The van der Waals surface area contributed by atoms with Gasteiger partial charge in [-0.05, 0) is 31.2 Å². The van der Waals surface area contributed by atoms with Crippen LogP contribution in [0.1, 0.15) is 5.82 Å². The molecule has 0 aliphatic heterocycles. The van der Waals surface area contributed by atoms with Crippen LogP contribution < -0.4 is 4.74 Å². The van der Waals surface area contributed by atoms with Gasteiger partial charge in [-0.3, -0.25) is 4.98 Å². The molecule has 0 unspecified atom stereocenters. The Balaban J connectivity index is 2.31. The predicted molar refractivity (Wildman–Crippen MR) is 74.1 cm³/mol. The fraction of sp³-hybridized carbons (Fsp3) is 0.133. The van der Waals surface area contributed by atoms with Crippen LogP contribution in [0.4, 0.5) is 0 Å². The molecule has 0 saturated carbocycles. The third-order valence-corrected chi connectivity index (χ3v) is 3.00. The summed E-state index contributed by atoms with van der Waals surface area (Å²) in [6.07, 6.45) is 3.53. The Morgan fingerprint density at radius 3 is 2.68 bits per heavy atom. The number of pyridine rings is 1. The van der Waals surface area contributed by atoms with Crippen LogP contribution in [-0.2, 0) is 0 Å². The second-order valence-electron chi connectivity index (χ2n) is 4.20. The summed E-state index contributed by atoms with van der Waals surface area (Å²) in [6, 6.07) is 9.77. The average Bonchev–Trinajstić information content (AvgIpc) is 2.46. The van der Waals surface area contributed by atoms with Crippen molar-refractivity contribution in [2.45, 2.75) is 6.92 Å². The van der Waals surface area contributed by atoms with Gasteiger partial charge in [-0.1, -0.05) is 6.07 Å². The van der Waals surface area contributed by atoms with Gasteiger partial charge in [0.15, 0.2) is 0 Å². The molecule has 0 aliphatic rings. The van der Waals surface area contributed by atoms with Crippen molar-refractivity contribution in [1.29, 1.82) is 0 Å². The number of aryl methyl sites for hydroxylation is 1. The highest BCUT2D eigenvalue weighted by atomic mass is 16.5. The number of methoxy groups -OCH3 is 1. The molecule has 0 saturated heterocycles. The molecule has 94 valence electrons. The fourth-order valence-corrected chi connectivity index (χ4v) is 2.14. The number of hydrogen-bond donors (Lipinski definition) is 0. The molecular formula is C15H13N3O. The summed E-state index contributed by atoms with van der Waals surface area (Å²) in [7, 11) is 1.65. The molecule has 1 aromatic carbocycles. The molecule has 3 rings (SSSR count). The molecule has 0 aliphatic carbocycles. The van der Waals surface area contributed by atoms with Crippen LogP contribution in [-0.4, -0.2) is 22.1 Å². The van der Waals surface area contributed by atoms with E-state index in [0.717, 1.165) is 33.7 Å². The Kier molecular flexibility index (Phi) is 2.83. The van der Waals surface area contributed by atoms with Crippen LogP contribution in [0.5, 0.6) is 5.75 Å². The van der Waals surface area contributed by atoms with Gasteiger partial charge in [-0.2, -0.15) is 0 Å². The SMILES string of the molecule is COc1ccc(-c2ccnc(C)n2)c2cccnc12. The highest BCUT2D eigenvalue weighted by Gasteiger charge is 2.09. The summed E-state index contributed by atoms with van der Waals surface area (Å²) >= 11 is 0. The van der Waals surface area contributed by atoms with Crippen LogP contribution >= 0.6 is 0 Å². The van der Waals surface area contributed by atoms with Gasteiger partial charge in [-0.15, -0.1) is 0 Å². The Bertz CT molecular complexity index is 740. The van der Waals surface area contributed by atoms with Crippen molar-refractivity contribution in [2.24, 2.45) is 0 Å². The maximum absolute atomic E-state index is 5.35. The van der Waals surface area contributed by atoms with Gasteiger partial charge in [0.25, 0.3) is 0 Å². The smallest absolute Gasteiger partial charge is 0.145 e. The summed E-state index contributed by atoms with van der Waals surface area (Å²) in [5.41, 5.74) is 2.78. The first kappa shape index (κ1) is 11.6. The van der Waals surface area contributed by atoms with Crippen molar-refractivity contribution in [2.75, 3.05) is 7.11 Å². The number of hydrogen-bond acceptors (Lipinski definition) is 4. The normalized spacial score (nSPS) is 10.6. The molecule has 2 aromatic heterocycles. The molecule has 0 spiro atoms. The minimum Gasteiger partial charge on any atom is -0.494 e. The molecule has 2 heterocycles. The molecule has 0 bridgehead atoms. The average molecular weight is 251 g/mol. The molecule has 3 aromatic rings. The van der Waals surface area contributed by atoms with Crippen LogP contribution in [0, 0.1) is 6.92 Å². The van der Waals surface area contributed by atoms with Crippen molar-refractivity contribution in [1.82, 2.24) is 15.0 Å². The molecule has 0 N–H and O–H groups in total. The van der Waals surface area contributed by atoms with E-state index in [4.69, 9.17) is 4.74 Å². The van der Waals surface area contributed by atoms with Gasteiger partial charge in [0.1, 0.15) is 17.1 Å². The van der Waals surface area contributed by atoms with E-state index < -0.39 is 0 Å². The molecule has 0 radical (unpaired) electrons. The Morgan fingerprint density at radius 2 is 1.89 bits per heavy atom. The lowest BCUT2D eigenvalue weighted by Crippen LogP contribution is -1.93. The number of ether oxygens (including phenoxy) is 1. The minimum absolute atomic E-state index is 0.755. The third kappa shape index (κ3) is 2.01. The number of nitrogens with zero attached hydrogens (tertiary/aromatic N) is 3. The summed E-state index contributed by atoms with van der Waals surface area (Å²) in [6.45, 7) is 1.88. The van der Waals surface area contributed by atoms with Gasteiger partial charge in [0, 0.05) is 23.3 Å². The quantitative estimate of drug-likeness (QED) is 0.702. The van der Waals surface area contributed by atoms with E-state index in [1.165, 1.54) is 0 Å². The van der Waals surface area contributed by atoms with Gasteiger partial charge in [0.2, 0.25) is 0 Å². The zero-order valence-corrected chi connectivity index (χ0v) is 10.8. The van der Waals surface area contributed by atoms with E-state index in [-0.39, 0.29) is 0 Å². The maximum atomic E-state index is 5.35. The van der Waals surface area contributed by atoms with Gasteiger partial charge < -0.3 is 4.74 Å². The number of fused-ring (bicyclic) bond motifs is 1. The summed E-state index contributed by atoms with van der Waals surface area (Å²) < 4.78 is 5.35. The number of aromatic nitrogens is 3. The lowest BCUT2D eigenvalue weighted by Gasteiger charge is -2.09. The highest BCUT2D eigenvalue weighted by molar-refractivity contribution is 5.96. The lowest BCUT2D eigenvalue weighted by atomic mass is 10.0. The topological polar surface area (TPSA) is 47.9 Å². The van der Waals surface area contributed by atoms with Crippen LogP contribution in [0.25, 0.3) is 22.2 Å². The van der Waals surface area contributed by atoms with E-state index in [0.29, 0.717) is 0 Å². The number of rotatable bonds is 2. The fourth-order valence-electron chi connectivity index (χ4n) is 2.14. The zero-order valence-electron chi connectivity index (χ0n) is 10.8. The largest absolute Gasteiger partial charge is 0.494 e. The second-order valence-corrected chi connectivity index (χ2v) is 4.20. The maximum Gasteiger partial charge on any atom is 0.145 e. The standard InChI is InChI=1S/C15H13N3O/c1-10-16-9-7-13(18-10)11-5-6-14(19-2)15-12(11)4-3-8-17-15/h3-9H,1-2H3. The third-order valence-electron chi connectivity index (χ3n) is 3.00. The molecule has 19 heavy (non-hydrogen) atoms. The van der Waals surface area contributed by atoms with E-state index >= 15 is 0 Å². The minimum atomic E-state index is 0.755. The van der Waals surface area contributed by atoms with Gasteiger partial charge >= 0.3 is 0 Å². The number of benzene rings is 1. The van der Waals surface area contributed by atoms with E-state index in [2.05, 4.69) is 15.0 Å². The lowest BCUT2D eigenvalue weighted by molar-refractivity contribution is 0.419. The van der Waals surface area contributed by atoms with Crippen LogP contribution in [0.3, 0.4) is 0 Å². The first-order valence-corrected chi connectivity index (χ1v) is 6.01. The molecule has 0 amide bonds. The first-order valence-electron chi connectivity index (χ1n) is 6.01. The Morgan fingerprint density at radius 1 is 1.00 bits per heavy atom. The highest BCUT2D eigenvalue weighted by Crippen LogP contribution is 2.31. The first-order chi connectivity index (χ1) is 9.29. The zero-order chi connectivity index (χ0) is 13.2. The van der Waals surface area contributed by atoms with Crippen molar-refractivity contribution in [3.8, 4) is 17.0 Å². The molecule has 4 heteroatoms. The van der Waals surface area contributed by atoms with Crippen molar-refractivity contribution in [3.05, 3.63) is 48.5 Å². The van der Waals surface area contributed by atoms with Crippen molar-refractivity contribution < 1.29 is 4.74 Å². The predicted octanol–water partition coefficient (Wildman–Crippen LogP) is 3.01. The van der Waals surface area contributed by atoms with Crippen LogP contribution in [0.2, 0.25) is 0 Å². The summed E-state index contributed by atoms with van der Waals surface area (Å²) in [5, 5.41) is 1.03. The van der Waals surface area contributed by atoms with E-state index in [1.54, 1.807) is 19.5 Å². The second kappa shape index (κ2) is 4.65. The van der Waals surface area contributed by atoms with E-state index in [1.807, 2.05) is 37.3 Å². The van der Waals surface area contributed by atoms with E-state index in [9.17, 15) is 0 Å². The Hall–Kier alpha value is -2.49. The summed E-state index contributed by atoms with van der Waals surface area (Å²) in [4.78, 5) is 13.0. The summed E-state index contributed by atoms with van der Waals surface area (Å²) in [5.74, 6) is 1.52. The molecule has 4 nitrogen and oxygen atoms in total. The van der Waals surface area contributed by atoms with Crippen molar-refractivity contribution >= 4 is 10.9 Å². The molecule has 0 fully saturated rings. The molecular weight excluding hydrogens is 238 g/mol. The van der Waals surface area contributed by atoms with Gasteiger partial charge in [0.05, 0.1) is 12.8 Å². The van der Waals surface area contributed by atoms with Crippen LogP contribution in [0.15, 0.2) is 42.7 Å². The Labute approximate surface area is 111 Å². The monoisotopic (exact) mass is 251 g/mol. The van der Waals surface area contributed by atoms with Crippen molar-refractivity contribution in [3.63, 3.8) is 0 Å².